The molecule has 0 radical (unpaired) electrons. The molecule has 6 heteroatoms. The van der Waals surface area contributed by atoms with E-state index in [-0.39, 0.29) is 17.6 Å². The van der Waals surface area contributed by atoms with Crippen LogP contribution in [0.5, 0.6) is 11.5 Å². The van der Waals surface area contributed by atoms with Crippen LogP contribution < -0.4 is 14.8 Å². The van der Waals surface area contributed by atoms with E-state index in [0.717, 1.165) is 11.3 Å². The average molecular weight is 301 g/mol. The van der Waals surface area contributed by atoms with Crippen molar-refractivity contribution < 1.29 is 14.3 Å². The first-order valence-electron chi connectivity index (χ1n) is 6.86. The zero-order valence-electron chi connectivity index (χ0n) is 13.1. The number of benzene rings is 1. The summed E-state index contributed by atoms with van der Waals surface area (Å²) in [6.45, 7) is 3.69. The van der Waals surface area contributed by atoms with Crippen LogP contribution in [0.25, 0.3) is 0 Å². The van der Waals surface area contributed by atoms with Gasteiger partial charge in [-0.25, -0.2) is 4.98 Å². The Morgan fingerprint density at radius 2 is 1.95 bits per heavy atom. The van der Waals surface area contributed by atoms with Crippen LogP contribution in [0.1, 0.15) is 34.7 Å². The van der Waals surface area contributed by atoms with Gasteiger partial charge in [0.05, 0.1) is 32.2 Å². The number of methoxy groups -OCH3 is 2. The van der Waals surface area contributed by atoms with Gasteiger partial charge in [0, 0.05) is 11.8 Å². The van der Waals surface area contributed by atoms with Crippen LogP contribution in [-0.4, -0.2) is 30.1 Å². The molecule has 1 atom stereocenters. The third-order valence-electron chi connectivity index (χ3n) is 3.26. The van der Waals surface area contributed by atoms with Crippen LogP contribution in [0, 0.1) is 6.92 Å². The number of hydrogen-bond donors (Lipinski definition) is 1. The third kappa shape index (κ3) is 3.52. The molecule has 1 amide bonds. The minimum atomic E-state index is -0.287. The number of amides is 1. The lowest BCUT2D eigenvalue weighted by Crippen LogP contribution is -2.27. The monoisotopic (exact) mass is 301 g/mol. The predicted octanol–water partition coefficient (Wildman–Crippen LogP) is 2.29. The van der Waals surface area contributed by atoms with Crippen molar-refractivity contribution in [1.29, 1.82) is 0 Å². The Balaban J connectivity index is 2.19. The smallest absolute Gasteiger partial charge is 0.271 e. The van der Waals surface area contributed by atoms with Gasteiger partial charge < -0.3 is 14.8 Å². The minimum absolute atomic E-state index is 0.263. The molecule has 0 unspecified atom stereocenters. The molecule has 0 aliphatic heterocycles. The van der Waals surface area contributed by atoms with E-state index in [1.54, 1.807) is 20.4 Å². The highest BCUT2D eigenvalue weighted by atomic mass is 16.5. The maximum atomic E-state index is 12.2. The highest BCUT2D eigenvalue weighted by Crippen LogP contribution is 2.29. The van der Waals surface area contributed by atoms with Gasteiger partial charge in [0.1, 0.15) is 17.2 Å². The molecule has 0 bridgehead atoms. The summed E-state index contributed by atoms with van der Waals surface area (Å²) in [5.74, 6) is 1.10. The molecular weight excluding hydrogens is 282 g/mol. The summed E-state index contributed by atoms with van der Waals surface area (Å²) in [5.41, 5.74) is 1.87. The first-order valence-corrected chi connectivity index (χ1v) is 6.86. The lowest BCUT2D eigenvalue weighted by Gasteiger charge is -2.18. The van der Waals surface area contributed by atoms with Gasteiger partial charge in [0.2, 0.25) is 0 Å². The molecule has 116 valence electrons. The summed E-state index contributed by atoms with van der Waals surface area (Å²) in [4.78, 5) is 20.4. The van der Waals surface area contributed by atoms with Crippen LogP contribution in [0.2, 0.25) is 0 Å². The van der Waals surface area contributed by atoms with Gasteiger partial charge >= 0.3 is 0 Å². The predicted molar refractivity (Wildman–Crippen MR) is 82.2 cm³/mol. The number of aromatic nitrogens is 2. The van der Waals surface area contributed by atoms with Gasteiger partial charge in [-0.2, -0.15) is 0 Å². The van der Waals surface area contributed by atoms with Crippen LogP contribution in [0.15, 0.2) is 30.6 Å². The molecular formula is C16H19N3O3. The van der Waals surface area contributed by atoms with E-state index in [0.29, 0.717) is 11.5 Å². The van der Waals surface area contributed by atoms with E-state index in [1.165, 1.54) is 6.20 Å². The minimum Gasteiger partial charge on any atom is -0.497 e. The Morgan fingerprint density at radius 3 is 2.55 bits per heavy atom. The molecule has 0 fully saturated rings. The summed E-state index contributed by atoms with van der Waals surface area (Å²) in [7, 11) is 3.18. The van der Waals surface area contributed by atoms with E-state index in [9.17, 15) is 4.79 Å². The molecule has 1 N–H and O–H groups in total. The molecule has 1 aromatic carbocycles. The van der Waals surface area contributed by atoms with Crippen molar-refractivity contribution >= 4 is 5.91 Å². The van der Waals surface area contributed by atoms with Gasteiger partial charge in [0.15, 0.2) is 0 Å². The second-order valence-corrected chi connectivity index (χ2v) is 4.85. The second-order valence-electron chi connectivity index (χ2n) is 4.85. The summed E-state index contributed by atoms with van der Waals surface area (Å²) < 4.78 is 10.6. The standard InChI is InChI=1S/C16H19N3O3/c1-10-8-18-14(9-17-10)16(20)19-11(2)13-7-12(21-3)5-6-15(13)22-4/h5-9,11H,1-4H3,(H,19,20)/t11-/m0/s1. The first-order chi connectivity index (χ1) is 10.5. The van der Waals surface area contributed by atoms with Crippen molar-refractivity contribution in [3.05, 3.63) is 47.5 Å². The van der Waals surface area contributed by atoms with Gasteiger partial charge in [0.25, 0.3) is 5.91 Å². The quantitative estimate of drug-likeness (QED) is 0.917. The van der Waals surface area contributed by atoms with Crippen LogP contribution in [-0.2, 0) is 0 Å². The van der Waals surface area contributed by atoms with Gasteiger partial charge in [-0.3, -0.25) is 9.78 Å². The summed E-state index contributed by atoms with van der Waals surface area (Å²) in [6.07, 6.45) is 3.02. The van der Waals surface area contributed by atoms with E-state index >= 15 is 0 Å². The van der Waals surface area contributed by atoms with Gasteiger partial charge in [-0.15, -0.1) is 0 Å². The number of carbonyl (C=O) groups is 1. The summed E-state index contributed by atoms with van der Waals surface area (Å²) in [6, 6.07) is 5.19. The molecule has 1 heterocycles. The molecule has 0 aliphatic rings. The number of nitrogens with zero attached hydrogens (tertiary/aromatic N) is 2. The first kappa shape index (κ1) is 15.8. The zero-order valence-corrected chi connectivity index (χ0v) is 13.1. The maximum Gasteiger partial charge on any atom is 0.271 e. The Kier molecular flexibility index (Phi) is 4.93. The zero-order chi connectivity index (χ0) is 16.1. The molecule has 0 saturated carbocycles. The Labute approximate surface area is 129 Å². The van der Waals surface area contributed by atoms with Crippen molar-refractivity contribution in [3.63, 3.8) is 0 Å². The van der Waals surface area contributed by atoms with Crippen LogP contribution in [0.4, 0.5) is 0 Å². The number of carbonyl (C=O) groups excluding carboxylic acids is 1. The number of ether oxygens (including phenoxy) is 2. The fourth-order valence-electron chi connectivity index (χ4n) is 2.04. The normalized spacial score (nSPS) is 11.6. The van der Waals surface area contributed by atoms with Crippen molar-refractivity contribution in [1.82, 2.24) is 15.3 Å². The number of rotatable bonds is 5. The molecule has 22 heavy (non-hydrogen) atoms. The highest BCUT2D eigenvalue weighted by Gasteiger charge is 2.17. The van der Waals surface area contributed by atoms with E-state index in [2.05, 4.69) is 15.3 Å². The Bertz CT molecular complexity index is 656. The van der Waals surface area contributed by atoms with Gasteiger partial charge in [-0.05, 0) is 32.0 Å². The highest BCUT2D eigenvalue weighted by molar-refractivity contribution is 5.92. The van der Waals surface area contributed by atoms with Gasteiger partial charge in [-0.1, -0.05) is 0 Å². The number of nitrogens with one attached hydrogen (secondary N) is 1. The van der Waals surface area contributed by atoms with Crippen LogP contribution >= 0.6 is 0 Å². The Morgan fingerprint density at radius 1 is 1.18 bits per heavy atom. The third-order valence-corrected chi connectivity index (χ3v) is 3.26. The molecule has 1 aromatic heterocycles. The van der Waals surface area contributed by atoms with Crippen LogP contribution in [0.3, 0.4) is 0 Å². The molecule has 2 aromatic rings. The molecule has 6 nitrogen and oxygen atoms in total. The van der Waals surface area contributed by atoms with Crippen molar-refractivity contribution in [2.45, 2.75) is 19.9 Å². The fraction of sp³-hybridized carbons (Fsp3) is 0.312. The van der Waals surface area contributed by atoms with Crippen molar-refractivity contribution in [3.8, 4) is 11.5 Å². The van der Waals surface area contributed by atoms with E-state index in [1.807, 2.05) is 32.0 Å². The summed E-state index contributed by atoms with van der Waals surface area (Å²) in [5, 5.41) is 2.88. The fourth-order valence-corrected chi connectivity index (χ4v) is 2.04. The number of hydrogen-bond acceptors (Lipinski definition) is 5. The van der Waals surface area contributed by atoms with E-state index < -0.39 is 0 Å². The largest absolute Gasteiger partial charge is 0.497 e. The lowest BCUT2D eigenvalue weighted by molar-refractivity contribution is 0.0934. The summed E-state index contributed by atoms with van der Waals surface area (Å²) >= 11 is 0. The molecule has 0 aliphatic carbocycles. The van der Waals surface area contributed by atoms with Crippen molar-refractivity contribution in [2.75, 3.05) is 14.2 Å². The van der Waals surface area contributed by atoms with E-state index in [4.69, 9.17) is 9.47 Å². The molecule has 2 rings (SSSR count). The number of aryl methyl sites for hydroxylation is 1. The molecule has 0 spiro atoms. The second kappa shape index (κ2) is 6.89. The maximum absolute atomic E-state index is 12.2. The lowest BCUT2D eigenvalue weighted by atomic mass is 10.1. The molecule has 0 saturated heterocycles. The average Bonchev–Trinajstić information content (AvgIpc) is 2.54. The SMILES string of the molecule is COc1ccc(OC)c([C@H](C)NC(=O)c2cnc(C)cn2)c1. The van der Waals surface area contributed by atoms with Crippen molar-refractivity contribution in [2.24, 2.45) is 0 Å². The Hall–Kier alpha value is -2.63. The topological polar surface area (TPSA) is 73.3 Å².